The first-order valence-electron chi connectivity index (χ1n) is 8.46. The molecule has 0 radical (unpaired) electrons. The fourth-order valence-electron chi connectivity index (χ4n) is 3.91. The summed E-state index contributed by atoms with van der Waals surface area (Å²) in [6.07, 6.45) is 2.58. The molecule has 0 saturated carbocycles. The van der Waals surface area contributed by atoms with Crippen LogP contribution in [0.1, 0.15) is 24.0 Å². The average Bonchev–Trinajstić information content (AvgIpc) is 2.55. The first-order chi connectivity index (χ1) is 11.1. The van der Waals surface area contributed by atoms with Gasteiger partial charge in [-0.25, -0.2) is 0 Å². The van der Waals surface area contributed by atoms with Crippen LogP contribution in [-0.2, 0) is 0 Å². The zero-order chi connectivity index (χ0) is 16.4. The molecule has 23 heavy (non-hydrogen) atoms. The van der Waals surface area contributed by atoms with Crippen molar-refractivity contribution in [3.63, 3.8) is 0 Å². The zero-order valence-corrected chi connectivity index (χ0v) is 15.6. The Morgan fingerprint density at radius 3 is 2.35 bits per heavy atom. The Kier molecular flexibility index (Phi) is 5.25. The van der Waals surface area contributed by atoms with Gasteiger partial charge in [-0.2, -0.15) is 5.26 Å². The molecule has 0 N–H and O–H groups in total. The molecule has 2 aliphatic rings. The molecule has 0 bridgehead atoms. The SMILES string of the molecule is Cc1cc(Br)cc(C#N)c1N1CCN(C2CCN(C)CC2)CC1. The highest BCUT2D eigenvalue weighted by atomic mass is 79.9. The van der Waals surface area contributed by atoms with Crippen molar-refractivity contribution in [2.75, 3.05) is 51.2 Å². The van der Waals surface area contributed by atoms with E-state index in [9.17, 15) is 5.26 Å². The maximum absolute atomic E-state index is 9.47. The number of halogens is 1. The van der Waals surface area contributed by atoms with Crippen molar-refractivity contribution in [1.29, 1.82) is 5.26 Å². The number of likely N-dealkylation sites (tertiary alicyclic amines) is 1. The Bertz CT molecular complexity index is 594. The largest absolute Gasteiger partial charge is 0.368 e. The first kappa shape index (κ1) is 16.8. The maximum Gasteiger partial charge on any atom is 0.101 e. The van der Waals surface area contributed by atoms with E-state index in [2.05, 4.69) is 56.7 Å². The summed E-state index contributed by atoms with van der Waals surface area (Å²) in [5.41, 5.74) is 3.09. The highest BCUT2D eigenvalue weighted by molar-refractivity contribution is 9.10. The minimum atomic E-state index is 0.745. The minimum Gasteiger partial charge on any atom is -0.368 e. The number of nitrogens with zero attached hydrogens (tertiary/aromatic N) is 4. The molecule has 1 aromatic carbocycles. The van der Waals surface area contributed by atoms with Gasteiger partial charge in [-0.05, 0) is 57.6 Å². The number of anilines is 1. The number of piperazine rings is 1. The van der Waals surface area contributed by atoms with Gasteiger partial charge in [-0.1, -0.05) is 15.9 Å². The van der Waals surface area contributed by atoms with Crippen LogP contribution < -0.4 is 4.90 Å². The van der Waals surface area contributed by atoms with E-state index in [0.29, 0.717) is 0 Å². The van der Waals surface area contributed by atoms with Crippen LogP contribution in [0.4, 0.5) is 5.69 Å². The Morgan fingerprint density at radius 1 is 1.09 bits per heavy atom. The molecule has 3 rings (SSSR count). The van der Waals surface area contributed by atoms with Crippen LogP contribution in [0.5, 0.6) is 0 Å². The van der Waals surface area contributed by atoms with Gasteiger partial charge in [0.25, 0.3) is 0 Å². The lowest BCUT2D eigenvalue weighted by molar-refractivity contribution is 0.115. The van der Waals surface area contributed by atoms with E-state index < -0.39 is 0 Å². The van der Waals surface area contributed by atoms with Crippen molar-refractivity contribution in [1.82, 2.24) is 9.80 Å². The number of benzene rings is 1. The third-order valence-corrected chi connectivity index (χ3v) is 5.68. The number of hydrogen-bond acceptors (Lipinski definition) is 4. The summed E-state index contributed by atoms with van der Waals surface area (Å²) in [7, 11) is 2.22. The molecular formula is C18H25BrN4. The van der Waals surface area contributed by atoms with Gasteiger partial charge in [0.05, 0.1) is 11.3 Å². The van der Waals surface area contributed by atoms with Gasteiger partial charge < -0.3 is 9.80 Å². The standard InChI is InChI=1S/C18H25BrN4/c1-14-11-16(19)12-15(13-20)18(14)23-9-7-22(8-10-23)17-3-5-21(2)6-4-17/h11-12,17H,3-10H2,1-2H3. The average molecular weight is 377 g/mol. The van der Waals surface area contributed by atoms with Gasteiger partial charge in [0.1, 0.15) is 6.07 Å². The molecule has 124 valence electrons. The minimum absolute atomic E-state index is 0.745. The summed E-state index contributed by atoms with van der Waals surface area (Å²) >= 11 is 3.50. The third kappa shape index (κ3) is 3.71. The van der Waals surface area contributed by atoms with Gasteiger partial charge >= 0.3 is 0 Å². The third-order valence-electron chi connectivity index (χ3n) is 5.22. The number of rotatable bonds is 2. The van der Waals surface area contributed by atoms with Crippen LogP contribution in [0.15, 0.2) is 16.6 Å². The van der Waals surface area contributed by atoms with Gasteiger partial charge in [0.15, 0.2) is 0 Å². The molecule has 2 heterocycles. The van der Waals surface area contributed by atoms with Gasteiger partial charge in [-0.3, -0.25) is 4.90 Å². The number of aryl methyl sites for hydroxylation is 1. The summed E-state index contributed by atoms with van der Waals surface area (Å²) < 4.78 is 0.986. The Balaban J connectivity index is 1.67. The van der Waals surface area contributed by atoms with E-state index in [-0.39, 0.29) is 0 Å². The normalized spacial score (nSPS) is 21.4. The van der Waals surface area contributed by atoms with Crippen molar-refractivity contribution >= 4 is 21.6 Å². The van der Waals surface area contributed by atoms with E-state index in [1.165, 1.54) is 31.5 Å². The van der Waals surface area contributed by atoms with E-state index in [1.54, 1.807) is 0 Å². The quantitative estimate of drug-likeness (QED) is 0.794. The zero-order valence-electron chi connectivity index (χ0n) is 14.1. The molecule has 0 unspecified atom stereocenters. The van der Waals surface area contributed by atoms with Gasteiger partial charge in [0.2, 0.25) is 0 Å². The molecule has 2 fully saturated rings. The number of nitriles is 1. The second-order valence-corrected chi connectivity index (χ2v) is 7.70. The summed E-state index contributed by atoms with van der Waals surface area (Å²) in [6.45, 7) is 8.78. The van der Waals surface area contributed by atoms with Crippen LogP contribution in [-0.4, -0.2) is 62.2 Å². The van der Waals surface area contributed by atoms with Crippen LogP contribution in [0.25, 0.3) is 0 Å². The lowest BCUT2D eigenvalue weighted by Crippen LogP contribution is -2.53. The molecule has 0 spiro atoms. The Morgan fingerprint density at radius 2 is 1.74 bits per heavy atom. The second kappa shape index (κ2) is 7.21. The van der Waals surface area contributed by atoms with Crippen molar-refractivity contribution in [3.8, 4) is 6.07 Å². The predicted molar refractivity (Wildman–Crippen MR) is 97.9 cm³/mol. The molecule has 2 saturated heterocycles. The van der Waals surface area contributed by atoms with E-state index >= 15 is 0 Å². The second-order valence-electron chi connectivity index (χ2n) is 6.79. The van der Waals surface area contributed by atoms with E-state index in [1.807, 2.05) is 6.07 Å². The lowest BCUT2D eigenvalue weighted by Gasteiger charge is -2.43. The fraction of sp³-hybridized carbons (Fsp3) is 0.611. The van der Waals surface area contributed by atoms with Crippen molar-refractivity contribution < 1.29 is 0 Å². The molecular weight excluding hydrogens is 352 g/mol. The topological polar surface area (TPSA) is 33.5 Å². The monoisotopic (exact) mass is 376 g/mol. The van der Waals surface area contributed by atoms with E-state index in [0.717, 1.165) is 47.9 Å². The molecule has 0 amide bonds. The Labute approximate surface area is 147 Å². The lowest BCUT2D eigenvalue weighted by atomic mass is 10.0. The highest BCUT2D eigenvalue weighted by Gasteiger charge is 2.27. The van der Waals surface area contributed by atoms with Crippen molar-refractivity contribution in [3.05, 3.63) is 27.7 Å². The fourth-order valence-corrected chi connectivity index (χ4v) is 4.48. The molecule has 0 atom stereocenters. The Hall–Kier alpha value is -1.09. The van der Waals surface area contributed by atoms with E-state index in [4.69, 9.17) is 0 Å². The van der Waals surface area contributed by atoms with Crippen LogP contribution in [0, 0.1) is 18.3 Å². The molecule has 1 aromatic rings. The molecule has 0 aliphatic carbocycles. The molecule has 4 nitrogen and oxygen atoms in total. The smallest absolute Gasteiger partial charge is 0.101 e. The van der Waals surface area contributed by atoms with Gasteiger partial charge in [0, 0.05) is 36.7 Å². The van der Waals surface area contributed by atoms with Crippen LogP contribution >= 0.6 is 15.9 Å². The highest BCUT2D eigenvalue weighted by Crippen LogP contribution is 2.30. The molecule has 2 aliphatic heterocycles. The predicted octanol–water partition coefficient (Wildman–Crippen LogP) is 2.85. The van der Waals surface area contributed by atoms with Crippen molar-refractivity contribution in [2.45, 2.75) is 25.8 Å². The van der Waals surface area contributed by atoms with Gasteiger partial charge in [-0.15, -0.1) is 0 Å². The molecule has 0 aromatic heterocycles. The maximum atomic E-state index is 9.47. The summed E-state index contributed by atoms with van der Waals surface area (Å²) in [4.78, 5) is 7.48. The summed E-state index contributed by atoms with van der Waals surface area (Å²) in [5.74, 6) is 0. The number of piperidine rings is 1. The molecule has 5 heteroatoms. The van der Waals surface area contributed by atoms with Crippen molar-refractivity contribution in [2.24, 2.45) is 0 Å². The summed E-state index contributed by atoms with van der Waals surface area (Å²) in [5, 5.41) is 9.47. The first-order valence-corrected chi connectivity index (χ1v) is 9.25. The van der Waals surface area contributed by atoms with Crippen LogP contribution in [0.3, 0.4) is 0 Å². The summed E-state index contributed by atoms with van der Waals surface area (Å²) in [6, 6.07) is 7.16. The number of hydrogen-bond donors (Lipinski definition) is 0. The van der Waals surface area contributed by atoms with Crippen LogP contribution in [0.2, 0.25) is 0 Å².